The van der Waals surface area contributed by atoms with Crippen molar-refractivity contribution in [3.05, 3.63) is 54.2 Å². The Morgan fingerprint density at radius 1 is 1.08 bits per heavy atom. The molecular weight excluding hydrogens is 330 g/mol. The van der Waals surface area contributed by atoms with Gasteiger partial charge in [0.05, 0.1) is 18.5 Å². The third-order valence-corrected chi connectivity index (χ3v) is 4.28. The van der Waals surface area contributed by atoms with Crippen LogP contribution in [0.25, 0.3) is 11.2 Å². The molecule has 1 atom stereocenters. The number of benzene rings is 1. The molecule has 0 aliphatic carbocycles. The maximum absolute atomic E-state index is 6.18. The lowest BCUT2D eigenvalue weighted by molar-refractivity contribution is 0.543. The zero-order valence-corrected chi connectivity index (χ0v) is 15.8. The fourth-order valence-corrected chi connectivity index (χ4v) is 3.20. The van der Waals surface area contributed by atoms with Crippen LogP contribution in [0.15, 0.2) is 47.8 Å². The highest BCUT2D eigenvalue weighted by atomic mass is 28.4. The summed E-state index contributed by atoms with van der Waals surface area (Å²) in [6, 6.07) is 7.97. The van der Waals surface area contributed by atoms with Crippen LogP contribution < -0.4 is 4.43 Å². The van der Waals surface area contributed by atoms with Gasteiger partial charge in [-0.05, 0) is 32.6 Å². The second kappa shape index (κ2) is 7.06. The Labute approximate surface area is 148 Å². The summed E-state index contributed by atoms with van der Waals surface area (Å²) in [7, 11) is -1.68. The van der Waals surface area contributed by atoms with Crippen LogP contribution in [0.1, 0.15) is 24.4 Å². The monoisotopic (exact) mass is 351 g/mol. The van der Waals surface area contributed by atoms with E-state index in [1.165, 1.54) is 0 Å². The molecule has 0 saturated heterocycles. The number of para-hydroxylation sites is 1. The van der Waals surface area contributed by atoms with Gasteiger partial charge >= 0.3 is 0 Å². The van der Waals surface area contributed by atoms with Gasteiger partial charge in [0.2, 0.25) is 8.32 Å². The molecule has 0 aliphatic heterocycles. The first-order chi connectivity index (χ1) is 11.9. The van der Waals surface area contributed by atoms with Crippen molar-refractivity contribution in [2.24, 2.45) is 4.99 Å². The number of hydrogen-bond donors (Lipinski definition) is 0. The van der Waals surface area contributed by atoms with Crippen molar-refractivity contribution in [3.8, 4) is 5.75 Å². The summed E-state index contributed by atoms with van der Waals surface area (Å²) in [5, 5.41) is 0. The maximum Gasteiger partial charge on any atom is 0.242 e. The standard InChI is InChI=1S/C18H21N5OSi/c1-13(14-7-5-6-8-16(14)24-25(2,3)4)21-12-17-22-11-15-18(23-17)20-10-9-19-15/h5-13H,1-4H3/b21-12-. The molecule has 3 aromatic rings. The van der Waals surface area contributed by atoms with E-state index in [0.717, 1.165) is 11.3 Å². The number of fused-ring (bicyclic) bond motifs is 1. The molecule has 0 saturated carbocycles. The van der Waals surface area contributed by atoms with Gasteiger partial charge in [-0.1, -0.05) is 18.2 Å². The van der Waals surface area contributed by atoms with E-state index in [1.54, 1.807) is 24.8 Å². The van der Waals surface area contributed by atoms with E-state index in [0.29, 0.717) is 17.0 Å². The second-order valence-corrected chi connectivity index (χ2v) is 11.1. The molecule has 0 spiro atoms. The molecule has 1 unspecified atom stereocenters. The van der Waals surface area contributed by atoms with Crippen molar-refractivity contribution in [2.45, 2.75) is 32.6 Å². The van der Waals surface area contributed by atoms with E-state index >= 15 is 0 Å². The van der Waals surface area contributed by atoms with Gasteiger partial charge < -0.3 is 4.43 Å². The third-order valence-electron chi connectivity index (χ3n) is 3.44. The predicted molar refractivity (Wildman–Crippen MR) is 102 cm³/mol. The highest BCUT2D eigenvalue weighted by Gasteiger charge is 2.19. The normalized spacial score (nSPS) is 13.3. The molecule has 3 rings (SSSR count). The van der Waals surface area contributed by atoms with E-state index in [-0.39, 0.29) is 6.04 Å². The van der Waals surface area contributed by atoms with Gasteiger partial charge in [-0.25, -0.2) is 19.9 Å². The lowest BCUT2D eigenvalue weighted by atomic mass is 10.1. The first-order valence-electron chi connectivity index (χ1n) is 8.17. The quantitative estimate of drug-likeness (QED) is 0.516. The third kappa shape index (κ3) is 4.45. The van der Waals surface area contributed by atoms with Crippen LogP contribution >= 0.6 is 0 Å². The van der Waals surface area contributed by atoms with Crippen LogP contribution in [0.3, 0.4) is 0 Å². The van der Waals surface area contributed by atoms with Crippen LogP contribution in [-0.2, 0) is 0 Å². The molecule has 128 valence electrons. The van der Waals surface area contributed by atoms with Crippen molar-refractivity contribution in [1.29, 1.82) is 0 Å². The average molecular weight is 351 g/mol. The summed E-state index contributed by atoms with van der Waals surface area (Å²) >= 11 is 0. The number of rotatable bonds is 5. The zero-order chi connectivity index (χ0) is 17.9. The van der Waals surface area contributed by atoms with Gasteiger partial charge in [-0.3, -0.25) is 4.99 Å². The molecule has 2 aromatic heterocycles. The van der Waals surface area contributed by atoms with Crippen molar-refractivity contribution >= 4 is 25.7 Å². The van der Waals surface area contributed by atoms with Crippen LogP contribution in [0.4, 0.5) is 0 Å². The lowest BCUT2D eigenvalue weighted by Crippen LogP contribution is -2.29. The summed E-state index contributed by atoms with van der Waals surface area (Å²) in [4.78, 5) is 21.6. The Morgan fingerprint density at radius 3 is 2.64 bits per heavy atom. The van der Waals surface area contributed by atoms with Crippen LogP contribution in [0.5, 0.6) is 5.75 Å². The van der Waals surface area contributed by atoms with Crippen molar-refractivity contribution in [3.63, 3.8) is 0 Å². The van der Waals surface area contributed by atoms with E-state index in [1.807, 2.05) is 31.2 Å². The second-order valence-electron chi connectivity index (χ2n) is 6.70. The first kappa shape index (κ1) is 17.2. The fourth-order valence-electron chi connectivity index (χ4n) is 2.35. The summed E-state index contributed by atoms with van der Waals surface area (Å²) in [5.74, 6) is 1.42. The Balaban J connectivity index is 1.83. The van der Waals surface area contributed by atoms with Gasteiger partial charge in [0.15, 0.2) is 11.5 Å². The Morgan fingerprint density at radius 2 is 1.84 bits per heavy atom. The van der Waals surface area contributed by atoms with Crippen LogP contribution in [-0.4, -0.2) is 34.5 Å². The minimum Gasteiger partial charge on any atom is -0.544 e. The van der Waals surface area contributed by atoms with Crippen molar-refractivity contribution in [1.82, 2.24) is 19.9 Å². The van der Waals surface area contributed by atoms with Crippen LogP contribution in [0, 0.1) is 0 Å². The van der Waals surface area contributed by atoms with Gasteiger partial charge in [0.25, 0.3) is 0 Å². The van der Waals surface area contributed by atoms with Gasteiger partial charge in [-0.2, -0.15) is 0 Å². The largest absolute Gasteiger partial charge is 0.544 e. The SMILES string of the molecule is CC(/N=C\c1ncc2nccnc2n1)c1ccccc1O[Si](C)(C)C. The molecule has 25 heavy (non-hydrogen) atoms. The first-order valence-corrected chi connectivity index (χ1v) is 11.6. The van der Waals surface area contributed by atoms with E-state index in [2.05, 4.69) is 44.6 Å². The van der Waals surface area contributed by atoms with Gasteiger partial charge in [-0.15, -0.1) is 0 Å². The molecule has 0 amide bonds. The van der Waals surface area contributed by atoms with Crippen molar-refractivity contribution < 1.29 is 4.43 Å². The summed E-state index contributed by atoms with van der Waals surface area (Å²) < 4.78 is 6.18. The maximum atomic E-state index is 6.18. The Hall–Kier alpha value is -2.67. The summed E-state index contributed by atoms with van der Waals surface area (Å²) in [6.45, 7) is 8.54. The topological polar surface area (TPSA) is 73.2 Å². The fraction of sp³-hybridized carbons (Fsp3) is 0.278. The van der Waals surface area contributed by atoms with E-state index in [4.69, 9.17) is 4.43 Å². The minimum atomic E-state index is -1.68. The van der Waals surface area contributed by atoms with Gasteiger partial charge in [0, 0.05) is 18.0 Å². The number of aromatic nitrogens is 4. The molecule has 7 heteroatoms. The summed E-state index contributed by atoms with van der Waals surface area (Å²) in [5.41, 5.74) is 2.29. The Kier molecular flexibility index (Phi) is 4.85. The zero-order valence-electron chi connectivity index (χ0n) is 14.8. The molecule has 0 bridgehead atoms. The van der Waals surface area contributed by atoms with E-state index < -0.39 is 8.32 Å². The molecule has 0 radical (unpaired) electrons. The van der Waals surface area contributed by atoms with Crippen LogP contribution in [0.2, 0.25) is 19.6 Å². The van der Waals surface area contributed by atoms with Gasteiger partial charge in [0.1, 0.15) is 11.3 Å². The molecule has 1 aromatic carbocycles. The molecule has 0 N–H and O–H groups in total. The molecule has 0 fully saturated rings. The molecule has 2 heterocycles. The highest BCUT2D eigenvalue weighted by Crippen LogP contribution is 2.29. The minimum absolute atomic E-state index is 0.0614. The summed E-state index contributed by atoms with van der Waals surface area (Å²) in [6.07, 6.45) is 6.56. The molecule has 6 nitrogen and oxygen atoms in total. The molecule has 0 aliphatic rings. The Bertz CT molecular complexity index is 907. The van der Waals surface area contributed by atoms with E-state index in [9.17, 15) is 0 Å². The van der Waals surface area contributed by atoms with Crippen molar-refractivity contribution in [2.75, 3.05) is 0 Å². The molecular formula is C18H21N5OSi. The highest BCUT2D eigenvalue weighted by molar-refractivity contribution is 6.70. The average Bonchev–Trinajstić information content (AvgIpc) is 2.58. The lowest BCUT2D eigenvalue weighted by Gasteiger charge is -2.22. The number of nitrogens with zero attached hydrogens (tertiary/aromatic N) is 5. The number of aliphatic imine (C=N–C) groups is 1. The predicted octanol–water partition coefficient (Wildman–Crippen LogP) is 3.81. The number of hydrogen-bond acceptors (Lipinski definition) is 6. The smallest absolute Gasteiger partial charge is 0.242 e.